The van der Waals surface area contributed by atoms with Crippen molar-refractivity contribution in [1.29, 1.82) is 0 Å². The normalized spacial score (nSPS) is 15.1. The van der Waals surface area contributed by atoms with Crippen LogP contribution in [0.25, 0.3) is 0 Å². The van der Waals surface area contributed by atoms with Crippen LogP contribution in [0.1, 0.15) is 36.8 Å². The van der Waals surface area contributed by atoms with E-state index in [1.54, 1.807) is 7.11 Å². The smallest absolute Gasteiger partial charge is 0.220 e. The number of hydrogen-bond acceptors (Lipinski definition) is 3. The van der Waals surface area contributed by atoms with Gasteiger partial charge in [-0.25, -0.2) is 0 Å². The van der Waals surface area contributed by atoms with Crippen molar-refractivity contribution >= 4 is 18.3 Å². The van der Waals surface area contributed by atoms with Gasteiger partial charge in [-0.05, 0) is 49.4 Å². The molecule has 1 aliphatic heterocycles. The minimum absolute atomic E-state index is 0. The van der Waals surface area contributed by atoms with Gasteiger partial charge < -0.3 is 15.4 Å². The van der Waals surface area contributed by atoms with E-state index in [0.29, 0.717) is 25.5 Å². The van der Waals surface area contributed by atoms with Crippen molar-refractivity contribution in [2.24, 2.45) is 5.92 Å². The number of hydrogen-bond donors (Lipinski definition) is 2. The SMILES string of the molecule is COCc1ccc(CNC(=O)CCC2CCNCC2)cc1.Cl. The number of ether oxygens (including phenoxy) is 1. The van der Waals surface area contributed by atoms with E-state index in [0.717, 1.165) is 30.6 Å². The highest BCUT2D eigenvalue weighted by Gasteiger charge is 2.14. The Bertz CT molecular complexity index is 431. The summed E-state index contributed by atoms with van der Waals surface area (Å²) in [7, 11) is 1.69. The number of amides is 1. The largest absolute Gasteiger partial charge is 0.380 e. The van der Waals surface area contributed by atoms with Crippen molar-refractivity contribution in [3.05, 3.63) is 35.4 Å². The third-order valence-corrected chi connectivity index (χ3v) is 4.06. The molecule has 2 rings (SSSR count). The molecule has 0 aromatic heterocycles. The van der Waals surface area contributed by atoms with Crippen molar-refractivity contribution < 1.29 is 9.53 Å². The first-order valence-corrected chi connectivity index (χ1v) is 7.82. The molecular weight excluding hydrogens is 300 g/mol. The number of piperidine rings is 1. The van der Waals surface area contributed by atoms with Crippen molar-refractivity contribution in [2.75, 3.05) is 20.2 Å². The van der Waals surface area contributed by atoms with E-state index in [1.807, 2.05) is 24.3 Å². The molecule has 1 aliphatic rings. The molecule has 2 N–H and O–H groups in total. The van der Waals surface area contributed by atoms with E-state index >= 15 is 0 Å². The van der Waals surface area contributed by atoms with Gasteiger partial charge in [-0.2, -0.15) is 0 Å². The number of benzene rings is 1. The highest BCUT2D eigenvalue weighted by atomic mass is 35.5. The molecule has 0 bridgehead atoms. The molecule has 1 amide bonds. The molecule has 22 heavy (non-hydrogen) atoms. The number of nitrogens with one attached hydrogen (secondary N) is 2. The number of halogens is 1. The fourth-order valence-electron chi connectivity index (χ4n) is 2.71. The molecule has 0 unspecified atom stereocenters. The van der Waals surface area contributed by atoms with Gasteiger partial charge in [-0.15, -0.1) is 12.4 Å². The molecule has 0 atom stereocenters. The fourth-order valence-corrected chi connectivity index (χ4v) is 2.71. The molecule has 0 saturated carbocycles. The van der Waals surface area contributed by atoms with Crippen LogP contribution in [0.5, 0.6) is 0 Å². The second kappa shape index (κ2) is 10.6. The standard InChI is InChI=1S/C17H26N2O2.ClH/c1-21-13-16-4-2-15(3-5-16)12-19-17(20)7-6-14-8-10-18-11-9-14;/h2-5,14,18H,6-13H2,1H3,(H,19,20);1H. The summed E-state index contributed by atoms with van der Waals surface area (Å²) in [5.41, 5.74) is 2.28. The molecule has 1 aromatic rings. The Hall–Kier alpha value is -1.10. The highest BCUT2D eigenvalue weighted by molar-refractivity contribution is 5.85. The van der Waals surface area contributed by atoms with Crippen LogP contribution in [-0.4, -0.2) is 26.1 Å². The first-order chi connectivity index (χ1) is 10.3. The number of methoxy groups -OCH3 is 1. The average Bonchev–Trinajstić information content (AvgIpc) is 2.53. The van der Waals surface area contributed by atoms with Crippen LogP contribution < -0.4 is 10.6 Å². The summed E-state index contributed by atoms with van der Waals surface area (Å²) >= 11 is 0. The molecule has 124 valence electrons. The van der Waals surface area contributed by atoms with Gasteiger partial charge in [0.2, 0.25) is 5.91 Å². The van der Waals surface area contributed by atoms with Crippen LogP contribution in [-0.2, 0) is 22.7 Å². The van der Waals surface area contributed by atoms with Crippen LogP contribution in [0.15, 0.2) is 24.3 Å². The lowest BCUT2D eigenvalue weighted by Gasteiger charge is -2.22. The average molecular weight is 327 g/mol. The second-order valence-electron chi connectivity index (χ2n) is 5.76. The summed E-state index contributed by atoms with van der Waals surface area (Å²) in [5, 5.41) is 6.36. The Balaban J connectivity index is 0.00000242. The van der Waals surface area contributed by atoms with Gasteiger partial charge in [0.1, 0.15) is 0 Å². The third-order valence-electron chi connectivity index (χ3n) is 4.06. The van der Waals surface area contributed by atoms with Crippen LogP contribution in [0.3, 0.4) is 0 Å². The van der Waals surface area contributed by atoms with Crippen LogP contribution in [0.4, 0.5) is 0 Å². The Morgan fingerprint density at radius 3 is 2.50 bits per heavy atom. The highest BCUT2D eigenvalue weighted by Crippen LogP contribution is 2.17. The maximum Gasteiger partial charge on any atom is 0.220 e. The van der Waals surface area contributed by atoms with Gasteiger partial charge in [0.05, 0.1) is 6.61 Å². The van der Waals surface area contributed by atoms with E-state index < -0.39 is 0 Å². The summed E-state index contributed by atoms with van der Waals surface area (Å²) in [4.78, 5) is 11.9. The molecule has 1 aromatic carbocycles. The van der Waals surface area contributed by atoms with Crippen molar-refractivity contribution in [3.63, 3.8) is 0 Å². The zero-order valence-corrected chi connectivity index (χ0v) is 14.1. The van der Waals surface area contributed by atoms with Gasteiger partial charge in [0.25, 0.3) is 0 Å². The second-order valence-corrected chi connectivity index (χ2v) is 5.76. The lowest BCUT2D eigenvalue weighted by molar-refractivity contribution is -0.121. The minimum Gasteiger partial charge on any atom is -0.380 e. The third kappa shape index (κ3) is 6.77. The molecule has 0 radical (unpaired) electrons. The van der Waals surface area contributed by atoms with Gasteiger partial charge in [-0.3, -0.25) is 4.79 Å². The first kappa shape index (κ1) is 18.9. The van der Waals surface area contributed by atoms with Gasteiger partial charge >= 0.3 is 0 Å². The summed E-state index contributed by atoms with van der Waals surface area (Å²) in [6.07, 6.45) is 4.06. The Morgan fingerprint density at radius 1 is 1.23 bits per heavy atom. The monoisotopic (exact) mass is 326 g/mol. The van der Waals surface area contributed by atoms with E-state index in [1.165, 1.54) is 12.8 Å². The summed E-state index contributed by atoms with van der Waals surface area (Å²) in [5.74, 6) is 0.875. The summed E-state index contributed by atoms with van der Waals surface area (Å²) in [6, 6.07) is 8.17. The maximum atomic E-state index is 11.9. The fraction of sp³-hybridized carbons (Fsp3) is 0.588. The lowest BCUT2D eigenvalue weighted by Crippen LogP contribution is -2.29. The predicted molar refractivity (Wildman–Crippen MR) is 91.1 cm³/mol. The number of carbonyl (C=O) groups is 1. The topological polar surface area (TPSA) is 50.4 Å². The molecular formula is C17H27ClN2O2. The van der Waals surface area contributed by atoms with E-state index in [-0.39, 0.29) is 18.3 Å². The Labute approximate surface area is 139 Å². The van der Waals surface area contributed by atoms with Crippen LogP contribution >= 0.6 is 12.4 Å². The van der Waals surface area contributed by atoms with E-state index in [2.05, 4.69) is 10.6 Å². The van der Waals surface area contributed by atoms with E-state index in [4.69, 9.17) is 4.74 Å². The van der Waals surface area contributed by atoms with Crippen LogP contribution in [0.2, 0.25) is 0 Å². The van der Waals surface area contributed by atoms with Gasteiger partial charge in [0, 0.05) is 20.1 Å². The zero-order valence-electron chi connectivity index (χ0n) is 13.3. The van der Waals surface area contributed by atoms with Gasteiger partial charge in [-0.1, -0.05) is 24.3 Å². The van der Waals surface area contributed by atoms with Crippen molar-refractivity contribution in [1.82, 2.24) is 10.6 Å². The lowest BCUT2D eigenvalue weighted by atomic mass is 9.93. The van der Waals surface area contributed by atoms with Gasteiger partial charge in [0.15, 0.2) is 0 Å². The Morgan fingerprint density at radius 2 is 1.86 bits per heavy atom. The molecule has 0 aliphatic carbocycles. The quantitative estimate of drug-likeness (QED) is 0.810. The maximum absolute atomic E-state index is 11.9. The predicted octanol–water partition coefficient (Wildman–Crippen LogP) is 2.65. The zero-order chi connectivity index (χ0) is 14.9. The first-order valence-electron chi connectivity index (χ1n) is 7.82. The molecule has 1 saturated heterocycles. The molecule has 1 fully saturated rings. The summed E-state index contributed by atoms with van der Waals surface area (Å²) < 4.78 is 5.08. The minimum atomic E-state index is 0. The number of carbonyl (C=O) groups excluding carboxylic acids is 1. The van der Waals surface area contributed by atoms with Crippen molar-refractivity contribution in [2.45, 2.75) is 38.8 Å². The van der Waals surface area contributed by atoms with Crippen LogP contribution in [0, 0.1) is 5.92 Å². The molecule has 5 heteroatoms. The summed E-state index contributed by atoms with van der Waals surface area (Å²) in [6.45, 7) is 3.43. The Kier molecular flexibility index (Phi) is 9.13. The number of rotatable bonds is 7. The molecule has 0 spiro atoms. The molecule has 1 heterocycles. The molecule has 4 nitrogen and oxygen atoms in total. The van der Waals surface area contributed by atoms with E-state index in [9.17, 15) is 4.79 Å². The van der Waals surface area contributed by atoms with Crippen molar-refractivity contribution in [3.8, 4) is 0 Å².